The van der Waals surface area contributed by atoms with Gasteiger partial charge in [-0.3, -0.25) is 4.79 Å². The quantitative estimate of drug-likeness (QED) is 0.360. The van der Waals surface area contributed by atoms with Gasteiger partial charge in [0.25, 0.3) is 5.91 Å². The van der Waals surface area contributed by atoms with E-state index in [2.05, 4.69) is 9.97 Å². The molecule has 5 nitrogen and oxygen atoms in total. The van der Waals surface area contributed by atoms with Crippen LogP contribution < -0.4 is 4.90 Å². The highest BCUT2D eigenvalue weighted by molar-refractivity contribution is 5.94. The number of halogens is 7. The summed E-state index contributed by atoms with van der Waals surface area (Å²) in [6, 6.07) is 7.03. The van der Waals surface area contributed by atoms with Crippen molar-refractivity contribution in [2.75, 3.05) is 31.1 Å². The Morgan fingerprint density at radius 2 is 1.54 bits per heavy atom. The smallest absolute Gasteiger partial charge is 0.354 e. The van der Waals surface area contributed by atoms with Crippen molar-refractivity contribution >= 4 is 11.7 Å². The summed E-state index contributed by atoms with van der Waals surface area (Å²) in [5.74, 6) is -0.196. The van der Waals surface area contributed by atoms with Crippen LogP contribution in [-0.4, -0.2) is 47.0 Å². The van der Waals surface area contributed by atoms with Gasteiger partial charge in [0.15, 0.2) is 0 Å². The maximum Gasteiger partial charge on any atom is 0.416 e. The fourth-order valence-corrected chi connectivity index (χ4v) is 4.63. The van der Waals surface area contributed by atoms with Gasteiger partial charge >= 0.3 is 12.4 Å². The number of nitrogens with zero attached hydrogens (tertiary/aromatic N) is 4. The van der Waals surface area contributed by atoms with Crippen molar-refractivity contribution in [1.29, 1.82) is 0 Å². The Morgan fingerprint density at radius 3 is 2.15 bits per heavy atom. The van der Waals surface area contributed by atoms with Gasteiger partial charge in [0.05, 0.1) is 11.1 Å². The largest absolute Gasteiger partial charge is 0.416 e. The number of aromatic nitrogens is 2. The zero-order valence-corrected chi connectivity index (χ0v) is 21.1. The summed E-state index contributed by atoms with van der Waals surface area (Å²) in [5, 5.41) is 0. The standard InChI is InChI=1S/C27H25F7N4O/c1-16-23(12-18-5-3-6-22(28)11-18)24(36-17(2)35-16)37-7-4-8-38(10-9-37)25(39)19-13-20(26(29,30)31)15-21(14-19)27(32,33)34/h3,5-6,11,13-15H,4,7-10,12H2,1-2H3. The Hall–Kier alpha value is -3.70. The molecule has 0 atom stereocenters. The van der Waals surface area contributed by atoms with E-state index in [1.807, 2.05) is 11.8 Å². The Kier molecular flexibility index (Phi) is 7.85. The van der Waals surface area contributed by atoms with E-state index >= 15 is 0 Å². The number of hydrogen-bond donors (Lipinski definition) is 0. The molecule has 4 rings (SSSR count). The molecule has 0 bridgehead atoms. The number of carbonyl (C=O) groups is 1. The van der Waals surface area contributed by atoms with Crippen molar-refractivity contribution in [2.24, 2.45) is 0 Å². The molecule has 2 heterocycles. The minimum absolute atomic E-state index is 0.000842. The van der Waals surface area contributed by atoms with E-state index in [0.717, 1.165) is 5.56 Å². The molecule has 0 radical (unpaired) electrons. The zero-order chi connectivity index (χ0) is 28.5. The number of hydrogen-bond acceptors (Lipinski definition) is 4. The summed E-state index contributed by atoms with van der Waals surface area (Å²) in [6.07, 6.45) is -9.35. The van der Waals surface area contributed by atoms with Crippen molar-refractivity contribution in [3.8, 4) is 0 Å². The minimum Gasteiger partial charge on any atom is -0.354 e. The van der Waals surface area contributed by atoms with Gasteiger partial charge in [0.1, 0.15) is 17.5 Å². The molecular formula is C27H25F7N4O. The summed E-state index contributed by atoms with van der Waals surface area (Å²) in [4.78, 5) is 25.3. The molecule has 0 aliphatic carbocycles. The van der Waals surface area contributed by atoms with Crippen LogP contribution in [0.3, 0.4) is 0 Å². The molecule has 3 aromatic rings. The van der Waals surface area contributed by atoms with E-state index < -0.39 is 35.0 Å². The first-order chi connectivity index (χ1) is 18.2. The Balaban J connectivity index is 1.60. The van der Waals surface area contributed by atoms with Crippen LogP contribution in [0.4, 0.5) is 36.6 Å². The lowest BCUT2D eigenvalue weighted by Crippen LogP contribution is -2.36. The lowest BCUT2D eigenvalue weighted by Gasteiger charge is -2.26. The van der Waals surface area contributed by atoms with Crippen LogP contribution in [0.5, 0.6) is 0 Å². The topological polar surface area (TPSA) is 49.3 Å². The number of anilines is 1. The molecular weight excluding hydrogens is 529 g/mol. The van der Waals surface area contributed by atoms with E-state index in [-0.39, 0.29) is 31.5 Å². The van der Waals surface area contributed by atoms with Crippen LogP contribution in [0.2, 0.25) is 0 Å². The van der Waals surface area contributed by atoms with Crippen molar-refractivity contribution in [2.45, 2.75) is 39.0 Å². The molecule has 0 N–H and O–H groups in total. The van der Waals surface area contributed by atoms with E-state index in [9.17, 15) is 35.5 Å². The summed E-state index contributed by atoms with van der Waals surface area (Å²) >= 11 is 0. The average Bonchev–Trinajstić information content (AvgIpc) is 3.10. The predicted molar refractivity (Wildman–Crippen MR) is 130 cm³/mol. The Labute approximate surface area is 220 Å². The lowest BCUT2D eigenvalue weighted by atomic mass is 10.0. The van der Waals surface area contributed by atoms with Crippen molar-refractivity contribution in [1.82, 2.24) is 14.9 Å². The second-order valence-corrected chi connectivity index (χ2v) is 9.39. The number of aryl methyl sites for hydroxylation is 2. The molecule has 1 aliphatic rings. The maximum atomic E-state index is 13.8. The summed E-state index contributed by atoms with van der Waals surface area (Å²) in [5.41, 5.74) is -1.58. The van der Waals surface area contributed by atoms with Gasteiger partial charge < -0.3 is 9.80 Å². The first-order valence-corrected chi connectivity index (χ1v) is 12.1. The third kappa shape index (κ3) is 6.66. The van der Waals surface area contributed by atoms with Gasteiger partial charge in [-0.15, -0.1) is 0 Å². The van der Waals surface area contributed by atoms with Gasteiger partial charge in [-0.25, -0.2) is 14.4 Å². The SMILES string of the molecule is Cc1nc(C)c(Cc2cccc(F)c2)c(N2CCCN(C(=O)c3cc(C(F)(F)F)cc(C(F)(F)F)c3)CC2)n1. The van der Waals surface area contributed by atoms with Crippen molar-refractivity contribution in [3.05, 3.63) is 87.6 Å². The molecule has 1 amide bonds. The average molecular weight is 555 g/mol. The molecule has 1 saturated heterocycles. The molecule has 0 saturated carbocycles. The highest BCUT2D eigenvalue weighted by Crippen LogP contribution is 2.36. The fourth-order valence-electron chi connectivity index (χ4n) is 4.63. The number of rotatable bonds is 4. The van der Waals surface area contributed by atoms with Gasteiger partial charge in [0.2, 0.25) is 0 Å². The van der Waals surface area contributed by atoms with Gasteiger partial charge in [-0.05, 0) is 56.2 Å². The molecule has 1 aliphatic heterocycles. The lowest BCUT2D eigenvalue weighted by molar-refractivity contribution is -0.143. The number of benzene rings is 2. The van der Waals surface area contributed by atoms with Crippen LogP contribution in [0.15, 0.2) is 42.5 Å². The predicted octanol–water partition coefficient (Wildman–Crippen LogP) is 6.21. The molecule has 2 aromatic carbocycles. The third-order valence-electron chi connectivity index (χ3n) is 6.49. The second-order valence-electron chi connectivity index (χ2n) is 9.39. The second kappa shape index (κ2) is 10.8. The Morgan fingerprint density at radius 1 is 0.872 bits per heavy atom. The summed E-state index contributed by atoms with van der Waals surface area (Å²) in [6.45, 7) is 4.40. The molecule has 0 unspecified atom stereocenters. The van der Waals surface area contributed by atoms with Gasteiger partial charge in [-0.2, -0.15) is 26.3 Å². The highest BCUT2D eigenvalue weighted by atomic mass is 19.4. The zero-order valence-electron chi connectivity index (χ0n) is 21.1. The third-order valence-corrected chi connectivity index (χ3v) is 6.49. The van der Waals surface area contributed by atoms with Crippen LogP contribution in [0, 0.1) is 19.7 Å². The van der Waals surface area contributed by atoms with Crippen LogP contribution in [-0.2, 0) is 18.8 Å². The van der Waals surface area contributed by atoms with Crippen LogP contribution in [0.25, 0.3) is 0 Å². The van der Waals surface area contributed by atoms with Gasteiger partial charge in [0, 0.05) is 49.4 Å². The Bertz CT molecular complexity index is 1340. The maximum absolute atomic E-state index is 13.8. The number of alkyl halides is 6. The first kappa shape index (κ1) is 28.3. The van der Waals surface area contributed by atoms with E-state index in [1.54, 1.807) is 19.1 Å². The number of carbonyl (C=O) groups excluding carboxylic acids is 1. The molecule has 39 heavy (non-hydrogen) atoms. The molecule has 0 spiro atoms. The fraction of sp³-hybridized carbons (Fsp3) is 0.370. The van der Waals surface area contributed by atoms with E-state index in [0.29, 0.717) is 54.4 Å². The molecule has 12 heteroatoms. The summed E-state index contributed by atoms with van der Waals surface area (Å²) < 4.78 is 93.6. The van der Waals surface area contributed by atoms with Crippen molar-refractivity contribution in [3.63, 3.8) is 0 Å². The normalized spacial score (nSPS) is 14.9. The molecule has 1 aromatic heterocycles. The molecule has 1 fully saturated rings. The van der Waals surface area contributed by atoms with Crippen molar-refractivity contribution < 1.29 is 35.5 Å². The minimum atomic E-state index is -5.05. The first-order valence-electron chi connectivity index (χ1n) is 12.1. The monoisotopic (exact) mass is 554 g/mol. The van der Waals surface area contributed by atoms with Crippen LogP contribution >= 0.6 is 0 Å². The molecule has 208 valence electrons. The van der Waals surface area contributed by atoms with Gasteiger partial charge in [-0.1, -0.05) is 12.1 Å². The highest BCUT2D eigenvalue weighted by Gasteiger charge is 2.38. The summed E-state index contributed by atoms with van der Waals surface area (Å²) in [7, 11) is 0. The van der Waals surface area contributed by atoms with E-state index in [1.165, 1.54) is 17.0 Å². The van der Waals surface area contributed by atoms with Crippen LogP contribution in [0.1, 0.15) is 50.6 Å². The van der Waals surface area contributed by atoms with E-state index in [4.69, 9.17) is 0 Å². The number of amides is 1.